The molecule has 2 aromatic carbocycles. The third-order valence-corrected chi connectivity index (χ3v) is 5.22. The molecular weight excluding hydrogens is 436 g/mol. The van der Waals surface area contributed by atoms with Crippen LogP contribution in [-0.2, 0) is 6.54 Å². The maximum absolute atomic E-state index is 13.0. The number of aromatic nitrogens is 2. The number of methoxy groups -OCH3 is 3. The molecule has 4 aromatic rings. The first-order valence-electron chi connectivity index (χ1n) is 10.4. The van der Waals surface area contributed by atoms with Gasteiger partial charge in [0, 0.05) is 28.9 Å². The van der Waals surface area contributed by atoms with E-state index in [-0.39, 0.29) is 11.8 Å². The highest BCUT2D eigenvalue weighted by Crippen LogP contribution is 2.41. The zero-order valence-corrected chi connectivity index (χ0v) is 19.0. The van der Waals surface area contributed by atoms with Gasteiger partial charge in [0.25, 0.3) is 11.8 Å². The molecule has 2 heterocycles. The van der Waals surface area contributed by atoms with Gasteiger partial charge in [-0.1, -0.05) is 12.1 Å². The molecule has 0 atom stereocenters. The van der Waals surface area contributed by atoms with Gasteiger partial charge >= 0.3 is 0 Å². The molecule has 2 amide bonds. The largest absolute Gasteiger partial charge is 0.496 e. The molecule has 9 heteroatoms. The van der Waals surface area contributed by atoms with Crippen LogP contribution in [0.1, 0.15) is 26.5 Å². The molecule has 2 aromatic heterocycles. The lowest BCUT2D eigenvalue weighted by molar-refractivity contribution is 0.0949. The van der Waals surface area contributed by atoms with Crippen molar-refractivity contribution in [3.63, 3.8) is 0 Å². The van der Waals surface area contributed by atoms with Gasteiger partial charge in [0.15, 0.2) is 11.5 Å². The van der Waals surface area contributed by atoms with Crippen LogP contribution in [0.4, 0.5) is 5.69 Å². The van der Waals surface area contributed by atoms with Crippen LogP contribution in [0.25, 0.3) is 10.9 Å². The number of pyridine rings is 1. The smallest absolute Gasteiger partial charge is 0.272 e. The number of anilines is 1. The number of ether oxygens (including phenoxy) is 3. The van der Waals surface area contributed by atoms with Gasteiger partial charge in [0.2, 0.25) is 0 Å². The molecule has 0 bridgehead atoms. The lowest BCUT2D eigenvalue weighted by Gasteiger charge is -2.11. The zero-order chi connectivity index (χ0) is 24.1. The number of amides is 2. The number of aromatic amines is 1. The zero-order valence-electron chi connectivity index (χ0n) is 19.0. The molecule has 4 rings (SSSR count). The van der Waals surface area contributed by atoms with Crippen LogP contribution in [0.5, 0.6) is 17.2 Å². The van der Waals surface area contributed by atoms with Gasteiger partial charge in [-0.15, -0.1) is 0 Å². The second-order valence-corrected chi connectivity index (χ2v) is 7.32. The summed E-state index contributed by atoms with van der Waals surface area (Å²) in [5.74, 6) is 0.822. The lowest BCUT2D eigenvalue weighted by atomic mass is 10.1. The molecule has 0 radical (unpaired) electrons. The van der Waals surface area contributed by atoms with Crippen LogP contribution in [0.15, 0.2) is 60.8 Å². The molecule has 0 saturated heterocycles. The molecule has 3 N–H and O–H groups in total. The average Bonchev–Trinajstić information content (AvgIpc) is 3.32. The van der Waals surface area contributed by atoms with Crippen molar-refractivity contribution >= 4 is 28.4 Å². The van der Waals surface area contributed by atoms with E-state index in [0.29, 0.717) is 51.6 Å². The van der Waals surface area contributed by atoms with Gasteiger partial charge in [-0.2, -0.15) is 0 Å². The minimum Gasteiger partial charge on any atom is -0.496 e. The van der Waals surface area contributed by atoms with Gasteiger partial charge in [-0.3, -0.25) is 14.6 Å². The van der Waals surface area contributed by atoms with E-state index in [9.17, 15) is 9.59 Å². The third-order valence-electron chi connectivity index (χ3n) is 5.22. The van der Waals surface area contributed by atoms with E-state index in [1.54, 1.807) is 42.6 Å². The van der Waals surface area contributed by atoms with E-state index in [2.05, 4.69) is 20.6 Å². The summed E-state index contributed by atoms with van der Waals surface area (Å²) in [6.45, 7) is 0.304. The summed E-state index contributed by atoms with van der Waals surface area (Å²) in [5, 5.41) is 6.31. The van der Waals surface area contributed by atoms with Crippen molar-refractivity contribution in [1.29, 1.82) is 0 Å². The number of carbonyl (C=O) groups is 2. The van der Waals surface area contributed by atoms with E-state index in [4.69, 9.17) is 14.2 Å². The SMILES string of the molecule is COc1cc(OC)c2cc(C(=O)Nc3cccc(C(=O)NCc4ccccn4)c3)[nH]c2c1OC. The summed E-state index contributed by atoms with van der Waals surface area (Å²) in [4.78, 5) is 32.8. The normalized spacial score (nSPS) is 10.6. The van der Waals surface area contributed by atoms with Crippen molar-refractivity contribution in [3.05, 3.63) is 77.7 Å². The monoisotopic (exact) mass is 460 g/mol. The molecule has 0 aliphatic rings. The number of hydrogen-bond donors (Lipinski definition) is 3. The fourth-order valence-corrected chi connectivity index (χ4v) is 3.57. The third kappa shape index (κ3) is 4.63. The highest BCUT2D eigenvalue weighted by atomic mass is 16.5. The van der Waals surface area contributed by atoms with Gasteiger partial charge < -0.3 is 29.8 Å². The molecule has 34 heavy (non-hydrogen) atoms. The number of H-pyrrole nitrogens is 1. The molecule has 174 valence electrons. The Balaban J connectivity index is 1.53. The maximum Gasteiger partial charge on any atom is 0.272 e. The highest BCUT2D eigenvalue weighted by Gasteiger charge is 2.20. The predicted molar refractivity (Wildman–Crippen MR) is 128 cm³/mol. The quantitative estimate of drug-likeness (QED) is 0.369. The summed E-state index contributed by atoms with van der Waals surface area (Å²) in [6, 6.07) is 15.6. The van der Waals surface area contributed by atoms with Crippen LogP contribution in [0.3, 0.4) is 0 Å². The number of benzene rings is 2. The number of nitrogens with one attached hydrogen (secondary N) is 3. The van der Waals surface area contributed by atoms with Crippen LogP contribution >= 0.6 is 0 Å². The molecule has 0 unspecified atom stereocenters. The molecule has 0 aliphatic heterocycles. The number of carbonyl (C=O) groups excluding carboxylic acids is 2. The van der Waals surface area contributed by atoms with E-state index < -0.39 is 0 Å². The van der Waals surface area contributed by atoms with Crippen molar-refractivity contribution < 1.29 is 23.8 Å². The van der Waals surface area contributed by atoms with Crippen LogP contribution in [0, 0.1) is 0 Å². The lowest BCUT2D eigenvalue weighted by Crippen LogP contribution is -2.23. The minimum absolute atomic E-state index is 0.270. The summed E-state index contributed by atoms with van der Waals surface area (Å²) < 4.78 is 16.3. The molecule has 9 nitrogen and oxygen atoms in total. The van der Waals surface area contributed by atoms with Crippen molar-refractivity contribution in [2.24, 2.45) is 0 Å². The fourth-order valence-electron chi connectivity index (χ4n) is 3.57. The average molecular weight is 460 g/mol. The minimum atomic E-state index is -0.384. The Kier molecular flexibility index (Phi) is 6.63. The van der Waals surface area contributed by atoms with Crippen molar-refractivity contribution in [3.8, 4) is 17.2 Å². The Morgan fingerprint density at radius 1 is 0.912 bits per heavy atom. The molecule has 0 spiro atoms. The van der Waals surface area contributed by atoms with Crippen molar-refractivity contribution in [2.45, 2.75) is 6.54 Å². The maximum atomic E-state index is 13.0. The molecule has 0 aliphatic carbocycles. The predicted octanol–water partition coefficient (Wildman–Crippen LogP) is 3.77. The summed E-state index contributed by atoms with van der Waals surface area (Å²) in [7, 11) is 4.59. The van der Waals surface area contributed by atoms with E-state index in [1.165, 1.54) is 21.3 Å². The molecule has 0 saturated carbocycles. The standard InChI is InChI=1S/C25H24N4O5/c1-32-20-13-21(33-2)23(34-3)22-18(20)12-19(29-22)25(31)28-16-9-6-7-15(11-16)24(30)27-14-17-8-4-5-10-26-17/h4-13,29H,14H2,1-3H3,(H,27,30)(H,28,31). The second kappa shape index (κ2) is 9.95. The number of hydrogen-bond acceptors (Lipinski definition) is 6. The number of fused-ring (bicyclic) bond motifs is 1. The molecule has 0 fully saturated rings. The Morgan fingerprint density at radius 2 is 1.74 bits per heavy atom. The molecular formula is C25H24N4O5. The van der Waals surface area contributed by atoms with Gasteiger partial charge in [0.1, 0.15) is 11.4 Å². The van der Waals surface area contributed by atoms with Crippen LogP contribution in [-0.4, -0.2) is 43.1 Å². The first-order valence-corrected chi connectivity index (χ1v) is 10.4. The Bertz CT molecular complexity index is 1330. The van der Waals surface area contributed by atoms with Gasteiger partial charge in [-0.25, -0.2) is 0 Å². The summed E-state index contributed by atoms with van der Waals surface area (Å²) in [5.41, 5.74) is 2.52. The van der Waals surface area contributed by atoms with Gasteiger partial charge in [-0.05, 0) is 36.4 Å². The van der Waals surface area contributed by atoms with E-state index in [1.807, 2.05) is 18.2 Å². The van der Waals surface area contributed by atoms with Crippen LogP contribution in [0.2, 0.25) is 0 Å². The first-order chi connectivity index (χ1) is 16.5. The topological polar surface area (TPSA) is 115 Å². The fraction of sp³-hybridized carbons (Fsp3) is 0.160. The van der Waals surface area contributed by atoms with Crippen LogP contribution < -0.4 is 24.8 Å². The van der Waals surface area contributed by atoms with Crippen molar-refractivity contribution in [1.82, 2.24) is 15.3 Å². The summed E-state index contributed by atoms with van der Waals surface area (Å²) in [6.07, 6.45) is 1.67. The Morgan fingerprint density at radius 3 is 2.44 bits per heavy atom. The summed E-state index contributed by atoms with van der Waals surface area (Å²) >= 11 is 0. The van der Waals surface area contributed by atoms with Gasteiger partial charge in [0.05, 0.1) is 39.1 Å². The second-order valence-electron chi connectivity index (χ2n) is 7.32. The first kappa shape index (κ1) is 22.7. The Hall–Kier alpha value is -4.53. The number of nitrogens with zero attached hydrogens (tertiary/aromatic N) is 1. The highest BCUT2D eigenvalue weighted by molar-refractivity contribution is 6.08. The van der Waals surface area contributed by atoms with Crippen molar-refractivity contribution in [2.75, 3.05) is 26.6 Å². The van der Waals surface area contributed by atoms with E-state index >= 15 is 0 Å². The Labute approximate surface area is 196 Å². The number of rotatable bonds is 8. The van der Waals surface area contributed by atoms with E-state index in [0.717, 1.165) is 5.69 Å².